The fraction of sp³-hybridized carbons (Fsp3) is 0.562. The molecule has 110 valence electrons. The van der Waals surface area contributed by atoms with Crippen molar-refractivity contribution in [3.8, 4) is 0 Å². The monoisotopic (exact) mass is 294 g/mol. The average molecular weight is 295 g/mol. The first-order chi connectivity index (χ1) is 9.44. The number of carbonyl (C=O) groups is 1. The minimum Gasteiger partial charge on any atom is -0.368 e. The van der Waals surface area contributed by atoms with Crippen molar-refractivity contribution in [1.82, 2.24) is 4.90 Å². The first-order valence-corrected chi connectivity index (χ1v) is 7.64. The Morgan fingerprint density at radius 2 is 1.90 bits per heavy atom. The second kappa shape index (κ2) is 6.04. The maximum atomic E-state index is 12.4. The van der Waals surface area contributed by atoms with Gasteiger partial charge in [0, 0.05) is 37.7 Å². The average Bonchev–Trinajstić information content (AvgIpc) is 2.46. The summed E-state index contributed by atoms with van der Waals surface area (Å²) >= 11 is 5.89. The van der Waals surface area contributed by atoms with Crippen molar-refractivity contribution in [3.63, 3.8) is 0 Å². The van der Waals surface area contributed by atoms with Gasteiger partial charge in [-0.15, -0.1) is 11.6 Å². The number of alkyl halides is 1. The third kappa shape index (κ3) is 3.26. The quantitative estimate of drug-likeness (QED) is 0.800. The molecule has 1 amide bonds. The van der Waals surface area contributed by atoms with Crippen LogP contribution in [0.1, 0.15) is 19.4 Å². The van der Waals surface area contributed by atoms with Crippen molar-refractivity contribution in [1.29, 1.82) is 0 Å². The Bertz CT molecular complexity index is 479. The Kier molecular flexibility index (Phi) is 4.59. The maximum absolute atomic E-state index is 12.4. The molecule has 2 rings (SSSR count). The zero-order valence-corrected chi connectivity index (χ0v) is 13.3. The molecule has 0 N–H and O–H groups in total. The third-order valence-corrected chi connectivity index (χ3v) is 4.51. The summed E-state index contributed by atoms with van der Waals surface area (Å²) < 4.78 is 0. The van der Waals surface area contributed by atoms with E-state index >= 15 is 0 Å². The van der Waals surface area contributed by atoms with Crippen LogP contribution in [0.3, 0.4) is 0 Å². The lowest BCUT2D eigenvalue weighted by Crippen LogP contribution is -2.52. The Hall–Kier alpha value is -1.22. The van der Waals surface area contributed by atoms with E-state index in [1.165, 1.54) is 11.3 Å². The smallest absolute Gasteiger partial charge is 0.229 e. The zero-order chi connectivity index (χ0) is 14.8. The number of nitrogens with zero attached hydrogens (tertiary/aromatic N) is 2. The van der Waals surface area contributed by atoms with Crippen molar-refractivity contribution in [2.24, 2.45) is 5.41 Å². The number of aryl methyl sites for hydroxylation is 1. The lowest BCUT2D eigenvalue weighted by atomic mass is 9.94. The van der Waals surface area contributed by atoms with Gasteiger partial charge in [0.2, 0.25) is 5.91 Å². The summed E-state index contributed by atoms with van der Waals surface area (Å²) in [6, 6.07) is 8.51. The Morgan fingerprint density at radius 1 is 1.25 bits per heavy atom. The summed E-state index contributed by atoms with van der Waals surface area (Å²) in [6.45, 7) is 9.23. The number of benzene rings is 1. The van der Waals surface area contributed by atoms with Crippen LogP contribution in [0.15, 0.2) is 24.3 Å². The van der Waals surface area contributed by atoms with Crippen LogP contribution in [-0.4, -0.2) is 42.9 Å². The van der Waals surface area contributed by atoms with Crippen molar-refractivity contribution in [3.05, 3.63) is 29.8 Å². The van der Waals surface area contributed by atoms with Crippen molar-refractivity contribution >= 4 is 23.2 Å². The molecule has 1 saturated heterocycles. The van der Waals surface area contributed by atoms with Crippen LogP contribution >= 0.6 is 11.6 Å². The van der Waals surface area contributed by atoms with Gasteiger partial charge in [0.1, 0.15) is 0 Å². The van der Waals surface area contributed by atoms with Crippen molar-refractivity contribution in [2.45, 2.75) is 20.8 Å². The van der Waals surface area contributed by atoms with Gasteiger partial charge in [-0.2, -0.15) is 0 Å². The number of amides is 1. The van der Waals surface area contributed by atoms with E-state index in [9.17, 15) is 4.79 Å². The van der Waals surface area contributed by atoms with E-state index in [-0.39, 0.29) is 5.91 Å². The molecule has 4 heteroatoms. The highest BCUT2D eigenvalue weighted by Gasteiger charge is 2.32. The summed E-state index contributed by atoms with van der Waals surface area (Å²) in [5.74, 6) is 0.528. The van der Waals surface area contributed by atoms with Gasteiger partial charge in [0.15, 0.2) is 0 Å². The molecular formula is C16H23ClN2O. The van der Waals surface area contributed by atoms with Gasteiger partial charge in [-0.3, -0.25) is 4.79 Å². The van der Waals surface area contributed by atoms with E-state index in [0.29, 0.717) is 5.88 Å². The Balaban J connectivity index is 1.98. The normalized spacial score (nSPS) is 16.4. The molecule has 0 aromatic heterocycles. The van der Waals surface area contributed by atoms with Crippen LogP contribution in [0.25, 0.3) is 0 Å². The summed E-state index contributed by atoms with van der Waals surface area (Å²) in [5, 5.41) is 0. The highest BCUT2D eigenvalue weighted by molar-refractivity contribution is 6.19. The van der Waals surface area contributed by atoms with E-state index in [1.54, 1.807) is 0 Å². The minimum atomic E-state index is -0.465. The van der Waals surface area contributed by atoms with Crippen molar-refractivity contribution in [2.75, 3.05) is 37.0 Å². The Labute approximate surface area is 126 Å². The zero-order valence-electron chi connectivity index (χ0n) is 12.5. The summed E-state index contributed by atoms with van der Waals surface area (Å²) in [6.07, 6.45) is 0. The molecule has 1 heterocycles. The van der Waals surface area contributed by atoms with E-state index in [0.717, 1.165) is 26.2 Å². The summed E-state index contributed by atoms with van der Waals surface area (Å²) in [4.78, 5) is 16.6. The first-order valence-electron chi connectivity index (χ1n) is 7.11. The molecule has 1 aromatic rings. The molecule has 0 saturated carbocycles. The third-order valence-electron chi connectivity index (χ3n) is 3.85. The van der Waals surface area contributed by atoms with Crippen LogP contribution in [0.4, 0.5) is 5.69 Å². The van der Waals surface area contributed by atoms with Gasteiger partial charge >= 0.3 is 0 Å². The van der Waals surface area contributed by atoms with Gasteiger partial charge in [-0.1, -0.05) is 12.1 Å². The maximum Gasteiger partial charge on any atom is 0.229 e. The summed E-state index contributed by atoms with van der Waals surface area (Å²) in [7, 11) is 0. The molecule has 0 radical (unpaired) electrons. The van der Waals surface area contributed by atoms with Crippen LogP contribution in [0.2, 0.25) is 0 Å². The molecule has 0 atom stereocenters. The molecule has 1 aliphatic rings. The molecule has 1 fully saturated rings. The van der Waals surface area contributed by atoms with E-state index in [1.807, 2.05) is 18.7 Å². The minimum absolute atomic E-state index is 0.163. The number of carbonyl (C=O) groups excluding carboxylic acids is 1. The highest BCUT2D eigenvalue weighted by atomic mass is 35.5. The predicted octanol–water partition coefficient (Wildman–Crippen LogP) is 2.91. The molecule has 0 spiro atoms. The largest absolute Gasteiger partial charge is 0.368 e. The number of hydrogen-bond donors (Lipinski definition) is 0. The molecular weight excluding hydrogens is 272 g/mol. The van der Waals surface area contributed by atoms with Crippen LogP contribution in [0, 0.1) is 12.3 Å². The fourth-order valence-electron chi connectivity index (χ4n) is 2.48. The Morgan fingerprint density at radius 3 is 2.45 bits per heavy atom. The predicted molar refractivity (Wildman–Crippen MR) is 84.5 cm³/mol. The fourth-order valence-corrected chi connectivity index (χ4v) is 2.59. The molecule has 3 nitrogen and oxygen atoms in total. The lowest BCUT2D eigenvalue weighted by Gasteiger charge is -2.39. The van der Waals surface area contributed by atoms with Gasteiger partial charge in [0.05, 0.1) is 5.41 Å². The molecule has 1 aliphatic heterocycles. The number of anilines is 1. The van der Waals surface area contributed by atoms with Gasteiger partial charge < -0.3 is 9.80 Å². The number of piperazine rings is 1. The molecule has 0 aliphatic carbocycles. The first kappa shape index (κ1) is 15.2. The van der Waals surface area contributed by atoms with Crippen LogP contribution in [-0.2, 0) is 4.79 Å². The number of halogens is 1. The summed E-state index contributed by atoms with van der Waals surface area (Å²) in [5.41, 5.74) is 2.05. The van der Waals surface area contributed by atoms with Crippen LogP contribution < -0.4 is 4.90 Å². The van der Waals surface area contributed by atoms with Crippen LogP contribution in [0.5, 0.6) is 0 Å². The lowest BCUT2D eigenvalue weighted by molar-refractivity contribution is -0.139. The van der Waals surface area contributed by atoms with Gasteiger partial charge in [-0.05, 0) is 38.5 Å². The molecule has 0 bridgehead atoms. The molecule has 20 heavy (non-hydrogen) atoms. The standard InChI is InChI=1S/C16H23ClN2O/c1-13-5-4-6-14(11-13)18-7-9-19(10-8-18)15(20)16(2,3)12-17/h4-6,11H,7-10,12H2,1-3H3. The highest BCUT2D eigenvalue weighted by Crippen LogP contribution is 2.23. The molecule has 0 unspecified atom stereocenters. The van der Waals surface area contributed by atoms with Gasteiger partial charge in [-0.25, -0.2) is 0 Å². The SMILES string of the molecule is Cc1cccc(N2CCN(C(=O)C(C)(C)CCl)CC2)c1. The van der Waals surface area contributed by atoms with E-state index in [2.05, 4.69) is 36.1 Å². The van der Waals surface area contributed by atoms with Crippen molar-refractivity contribution < 1.29 is 4.79 Å². The van der Waals surface area contributed by atoms with E-state index in [4.69, 9.17) is 11.6 Å². The number of hydrogen-bond acceptors (Lipinski definition) is 2. The molecule has 1 aromatic carbocycles. The van der Waals surface area contributed by atoms with E-state index < -0.39 is 5.41 Å². The second-order valence-corrected chi connectivity index (χ2v) is 6.40. The second-order valence-electron chi connectivity index (χ2n) is 6.14. The topological polar surface area (TPSA) is 23.6 Å². The number of rotatable bonds is 3. The van der Waals surface area contributed by atoms with Gasteiger partial charge in [0.25, 0.3) is 0 Å².